The highest BCUT2D eigenvalue weighted by atomic mass is 19.1. The standard InChI is InChI=1S/C23H22FN3O/c24-19-8-3-16(4-9-19)18-7-12-21(25)22(15-18)26-23(28)17-5-10-20(11-6-17)27-13-1-2-14-27/h3-12,15H,1-2,13-14,25H2,(H,26,28). The largest absolute Gasteiger partial charge is 0.397 e. The third-order valence-electron chi connectivity index (χ3n) is 5.08. The maximum absolute atomic E-state index is 13.2. The van der Waals surface area contributed by atoms with E-state index in [1.807, 2.05) is 30.3 Å². The van der Waals surface area contributed by atoms with E-state index in [2.05, 4.69) is 10.2 Å². The van der Waals surface area contributed by atoms with Crippen molar-refractivity contribution in [2.75, 3.05) is 29.0 Å². The molecule has 0 bridgehead atoms. The summed E-state index contributed by atoms with van der Waals surface area (Å²) in [5.41, 5.74) is 10.5. The number of benzene rings is 3. The Morgan fingerprint density at radius 1 is 0.893 bits per heavy atom. The van der Waals surface area contributed by atoms with E-state index in [1.165, 1.54) is 25.0 Å². The molecule has 0 aliphatic carbocycles. The van der Waals surface area contributed by atoms with Crippen molar-refractivity contribution in [1.29, 1.82) is 0 Å². The monoisotopic (exact) mass is 375 g/mol. The Kier molecular flexibility index (Phi) is 4.98. The smallest absolute Gasteiger partial charge is 0.255 e. The summed E-state index contributed by atoms with van der Waals surface area (Å²) in [6.07, 6.45) is 2.43. The number of hydrogen-bond donors (Lipinski definition) is 2. The molecular formula is C23H22FN3O. The van der Waals surface area contributed by atoms with Gasteiger partial charge in [-0.3, -0.25) is 4.79 Å². The maximum atomic E-state index is 13.2. The predicted molar refractivity (Wildman–Crippen MR) is 112 cm³/mol. The van der Waals surface area contributed by atoms with E-state index in [0.29, 0.717) is 16.9 Å². The SMILES string of the molecule is Nc1ccc(-c2ccc(F)cc2)cc1NC(=O)c1ccc(N2CCCC2)cc1. The fourth-order valence-corrected chi connectivity index (χ4v) is 3.48. The van der Waals surface area contributed by atoms with Crippen LogP contribution in [0.4, 0.5) is 21.5 Å². The van der Waals surface area contributed by atoms with Gasteiger partial charge in [-0.15, -0.1) is 0 Å². The Bertz CT molecular complexity index is 978. The molecule has 142 valence electrons. The molecule has 4 nitrogen and oxygen atoms in total. The highest BCUT2D eigenvalue weighted by molar-refractivity contribution is 6.06. The van der Waals surface area contributed by atoms with Crippen molar-refractivity contribution < 1.29 is 9.18 Å². The number of rotatable bonds is 4. The second-order valence-corrected chi connectivity index (χ2v) is 7.00. The van der Waals surface area contributed by atoms with E-state index >= 15 is 0 Å². The zero-order chi connectivity index (χ0) is 19.5. The maximum Gasteiger partial charge on any atom is 0.255 e. The molecule has 1 aliphatic rings. The van der Waals surface area contributed by atoms with Crippen molar-refractivity contribution in [2.24, 2.45) is 0 Å². The molecule has 1 fully saturated rings. The van der Waals surface area contributed by atoms with Crippen molar-refractivity contribution in [2.45, 2.75) is 12.8 Å². The third kappa shape index (κ3) is 3.83. The second-order valence-electron chi connectivity index (χ2n) is 7.00. The molecule has 0 saturated carbocycles. The molecule has 3 aromatic rings. The van der Waals surface area contributed by atoms with Crippen molar-refractivity contribution in [1.82, 2.24) is 0 Å². The van der Waals surface area contributed by atoms with Crippen molar-refractivity contribution in [3.05, 3.63) is 78.1 Å². The van der Waals surface area contributed by atoms with Crippen LogP contribution in [0.3, 0.4) is 0 Å². The zero-order valence-corrected chi connectivity index (χ0v) is 15.5. The average Bonchev–Trinajstić information content (AvgIpc) is 3.25. The number of nitrogens with one attached hydrogen (secondary N) is 1. The van der Waals surface area contributed by atoms with Gasteiger partial charge in [0.15, 0.2) is 0 Å². The summed E-state index contributed by atoms with van der Waals surface area (Å²) in [5.74, 6) is -0.499. The number of carbonyl (C=O) groups is 1. The molecule has 4 rings (SSSR count). The molecular weight excluding hydrogens is 353 g/mol. The number of carbonyl (C=O) groups excluding carboxylic acids is 1. The predicted octanol–water partition coefficient (Wildman–Crippen LogP) is 4.93. The lowest BCUT2D eigenvalue weighted by Gasteiger charge is -2.17. The van der Waals surface area contributed by atoms with Crippen LogP contribution in [0.15, 0.2) is 66.7 Å². The quantitative estimate of drug-likeness (QED) is 0.636. The van der Waals surface area contributed by atoms with Crippen LogP contribution < -0.4 is 16.0 Å². The van der Waals surface area contributed by atoms with Crippen LogP contribution in [0.5, 0.6) is 0 Å². The normalized spacial score (nSPS) is 13.5. The lowest BCUT2D eigenvalue weighted by atomic mass is 10.0. The molecule has 3 aromatic carbocycles. The highest BCUT2D eigenvalue weighted by Crippen LogP contribution is 2.28. The highest BCUT2D eigenvalue weighted by Gasteiger charge is 2.14. The van der Waals surface area contributed by atoms with Gasteiger partial charge in [0.2, 0.25) is 0 Å². The van der Waals surface area contributed by atoms with E-state index in [0.717, 1.165) is 29.9 Å². The first-order chi connectivity index (χ1) is 13.6. The summed E-state index contributed by atoms with van der Waals surface area (Å²) in [6.45, 7) is 2.14. The van der Waals surface area contributed by atoms with Gasteiger partial charge in [-0.05, 0) is 72.5 Å². The number of anilines is 3. The van der Waals surface area contributed by atoms with Gasteiger partial charge >= 0.3 is 0 Å². The Balaban J connectivity index is 1.52. The van der Waals surface area contributed by atoms with Gasteiger partial charge in [-0.2, -0.15) is 0 Å². The molecule has 0 radical (unpaired) electrons. The molecule has 1 heterocycles. The number of nitrogen functional groups attached to an aromatic ring is 1. The minimum absolute atomic E-state index is 0.212. The first-order valence-electron chi connectivity index (χ1n) is 9.42. The van der Waals surface area contributed by atoms with Gasteiger partial charge < -0.3 is 16.0 Å². The van der Waals surface area contributed by atoms with Crippen LogP contribution in [0.1, 0.15) is 23.2 Å². The number of halogens is 1. The molecule has 3 N–H and O–H groups in total. The fraction of sp³-hybridized carbons (Fsp3) is 0.174. The molecule has 1 amide bonds. The number of hydrogen-bond acceptors (Lipinski definition) is 3. The number of nitrogens with two attached hydrogens (primary N) is 1. The first kappa shape index (κ1) is 18.0. The van der Waals surface area contributed by atoms with Crippen LogP contribution in [-0.4, -0.2) is 19.0 Å². The van der Waals surface area contributed by atoms with Crippen LogP contribution >= 0.6 is 0 Å². The lowest BCUT2D eigenvalue weighted by molar-refractivity contribution is 0.102. The minimum atomic E-state index is -0.287. The van der Waals surface area contributed by atoms with E-state index in [9.17, 15) is 9.18 Å². The van der Waals surface area contributed by atoms with E-state index in [-0.39, 0.29) is 11.7 Å². The van der Waals surface area contributed by atoms with Gasteiger partial charge in [0.05, 0.1) is 11.4 Å². The van der Waals surface area contributed by atoms with Crippen molar-refractivity contribution in [3.8, 4) is 11.1 Å². The van der Waals surface area contributed by atoms with E-state index < -0.39 is 0 Å². The second kappa shape index (κ2) is 7.72. The zero-order valence-electron chi connectivity index (χ0n) is 15.5. The topological polar surface area (TPSA) is 58.4 Å². The molecule has 28 heavy (non-hydrogen) atoms. The minimum Gasteiger partial charge on any atom is -0.397 e. The Morgan fingerprint density at radius 3 is 2.21 bits per heavy atom. The van der Waals surface area contributed by atoms with Crippen molar-refractivity contribution in [3.63, 3.8) is 0 Å². The summed E-state index contributed by atoms with van der Waals surface area (Å²) in [4.78, 5) is 15.0. The van der Waals surface area contributed by atoms with E-state index in [1.54, 1.807) is 24.3 Å². The summed E-state index contributed by atoms with van der Waals surface area (Å²) < 4.78 is 13.2. The Labute approximate surface area is 163 Å². The molecule has 0 aromatic heterocycles. The summed E-state index contributed by atoms with van der Waals surface area (Å²) in [5, 5.41) is 2.89. The lowest BCUT2D eigenvalue weighted by Crippen LogP contribution is -2.18. The van der Waals surface area contributed by atoms with Gasteiger partial charge in [0, 0.05) is 24.3 Å². The van der Waals surface area contributed by atoms with E-state index in [4.69, 9.17) is 5.73 Å². The van der Waals surface area contributed by atoms with Gasteiger partial charge in [0.25, 0.3) is 5.91 Å². The summed E-state index contributed by atoms with van der Waals surface area (Å²) in [7, 11) is 0. The summed E-state index contributed by atoms with van der Waals surface area (Å²) >= 11 is 0. The Hall–Kier alpha value is -3.34. The van der Waals surface area contributed by atoms with Gasteiger partial charge in [-0.25, -0.2) is 4.39 Å². The average molecular weight is 375 g/mol. The van der Waals surface area contributed by atoms with Crippen molar-refractivity contribution >= 4 is 23.0 Å². The Morgan fingerprint density at radius 2 is 1.54 bits per heavy atom. The van der Waals surface area contributed by atoms with Crippen LogP contribution in [-0.2, 0) is 0 Å². The first-order valence-corrected chi connectivity index (χ1v) is 9.42. The summed E-state index contributed by atoms with van der Waals surface area (Å²) in [6, 6.07) is 19.3. The van der Waals surface area contributed by atoms with Gasteiger partial charge in [0.1, 0.15) is 5.82 Å². The molecule has 1 aliphatic heterocycles. The fourth-order valence-electron chi connectivity index (χ4n) is 3.48. The molecule has 0 atom stereocenters. The molecule has 0 unspecified atom stereocenters. The molecule has 1 saturated heterocycles. The van der Waals surface area contributed by atoms with Gasteiger partial charge in [-0.1, -0.05) is 18.2 Å². The van der Waals surface area contributed by atoms with Crippen LogP contribution in [0.2, 0.25) is 0 Å². The third-order valence-corrected chi connectivity index (χ3v) is 5.08. The molecule has 0 spiro atoms. The molecule has 5 heteroatoms. The number of amides is 1. The van der Waals surface area contributed by atoms with Crippen LogP contribution in [0, 0.1) is 5.82 Å². The number of nitrogens with zero attached hydrogens (tertiary/aromatic N) is 1. The van der Waals surface area contributed by atoms with Crippen LogP contribution in [0.25, 0.3) is 11.1 Å².